The molecule has 106 valence electrons. The molecule has 1 heterocycles. The molecule has 2 aromatic rings. The molecule has 20 heavy (non-hydrogen) atoms. The molecule has 1 atom stereocenters. The summed E-state index contributed by atoms with van der Waals surface area (Å²) in [6, 6.07) is 15.0. The van der Waals surface area contributed by atoms with Crippen molar-refractivity contribution in [2.75, 3.05) is 19.0 Å². The summed E-state index contributed by atoms with van der Waals surface area (Å²) in [5.41, 5.74) is 3.69. The molecule has 1 aromatic carbocycles. The fourth-order valence-corrected chi connectivity index (χ4v) is 2.53. The van der Waals surface area contributed by atoms with E-state index in [9.17, 15) is 0 Å². The van der Waals surface area contributed by atoms with Crippen molar-refractivity contribution >= 4 is 5.69 Å². The SMILES string of the molecule is CCC(NC)c1ccccc1N(C)Cc1ccccn1. The van der Waals surface area contributed by atoms with Crippen LogP contribution >= 0.6 is 0 Å². The van der Waals surface area contributed by atoms with Crippen LogP contribution in [-0.4, -0.2) is 19.1 Å². The Morgan fingerprint density at radius 3 is 2.55 bits per heavy atom. The molecule has 0 amide bonds. The Labute approximate surface area is 121 Å². The first-order valence-electron chi connectivity index (χ1n) is 7.13. The van der Waals surface area contributed by atoms with Gasteiger partial charge in [0.15, 0.2) is 0 Å². The Morgan fingerprint density at radius 1 is 1.15 bits per heavy atom. The number of benzene rings is 1. The third-order valence-electron chi connectivity index (χ3n) is 3.61. The largest absolute Gasteiger partial charge is 0.368 e. The van der Waals surface area contributed by atoms with E-state index in [-0.39, 0.29) is 0 Å². The molecule has 0 fully saturated rings. The lowest BCUT2D eigenvalue weighted by Crippen LogP contribution is -2.22. The first-order valence-corrected chi connectivity index (χ1v) is 7.13. The van der Waals surface area contributed by atoms with E-state index in [0.717, 1.165) is 18.7 Å². The van der Waals surface area contributed by atoms with Crippen molar-refractivity contribution in [1.29, 1.82) is 0 Å². The van der Waals surface area contributed by atoms with E-state index < -0.39 is 0 Å². The van der Waals surface area contributed by atoms with Crippen LogP contribution in [-0.2, 0) is 6.54 Å². The van der Waals surface area contributed by atoms with Gasteiger partial charge in [-0.3, -0.25) is 4.98 Å². The van der Waals surface area contributed by atoms with Crippen molar-refractivity contribution in [3.05, 3.63) is 59.9 Å². The molecular weight excluding hydrogens is 246 g/mol. The molecular formula is C17H23N3. The Morgan fingerprint density at radius 2 is 1.90 bits per heavy atom. The fraction of sp³-hybridized carbons (Fsp3) is 0.353. The van der Waals surface area contributed by atoms with Crippen LogP contribution in [0.15, 0.2) is 48.7 Å². The van der Waals surface area contributed by atoms with Crippen molar-refractivity contribution in [2.45, 2.75) is 25.9 Å². The number of hydrogen-bond acceptors (Lipinski definition) is 3. The van der Waals surface area contributed by atoms with Crippen molar-refractivity contribution in [3.63, 3.8) is 0 Å². The van der Waals surface area contributed by atoms with Gasteiger partial charge >= 0.3 is 0 Å². The van der Waals surface area contributed by atoms with Crippen LogP contribution in [0.1, 0.15) is 30.6 Å². The lowest BCUT2D eigenvalue weighted by Gasteiger charge is -2.26. The van der Waals surface area contributed by atoms with Gasteiger partial charge in [-0.25, -0.2) is 0 Å². The minimum atomic E-state index is 0.386. The zero-order valence-electron chi connectivity index (χ0n) is 12.5. The first-order chi connectivity index (χ1) is 9.76. The van der Waals surface area contributed by atoms with E-state index >= 15 is 0 Å². The smallest absolute Gasteiger partial charge is 0.0598 e. The minimum absolute atomic E-state index is 0.386. The normalized spacial score (nSPS) is 12.2. The van der Waals surface area contributed by atoms with Gasteiger partial charge in [-0.1, -0.05) is 31.2 Å². The number of anilines is 1. The van der Waals surface area contributed by atoms with Crippen LogP contribution in [0.5, 0.6) is 0 Å². The lowest BCUT2D eigenvalue weighted by atomic mass is 10.0. The van der Waals surface area contributed by atoms with Crippen LogP contribution in [0.2, 0.25) is 0 Å². The van der Waals surface area contributed by atoms with Crippen LogP contribution in [0.25, 0.3) is 0 Å². The predicted octanol–water partition coefficient (Wildman–Crippen LogP) is 3.39. The summed E-state index contributed by atoms with van der Waals surface area (Å²) in [5, 5.41) is 3.38. The van der Waals surface area contributed by atoms with Crippen molar-refractivity contribution in [2.24, 2.45) is 0 Å². The molecule has 1 unspecified atom stereocenters. The average molecular weight is 269 g/mol. The highest BCUT2D eigenvalue weighted by molar-refractivity contribution is 5.54. The van der Waals surface area contributed by atoms with Crippen LogP contribution < -0.4 is 10.2 Å². The predicted molar refractivity (Wildman–Crippen MR) is 84.9 cm³/mol. The summed E-state index contributed by atoms with van der Waals surface area (Å²) in [6.45, 7) is 3.02. The third kappa shape index (κ3) is 3.36. The Kier molecular flexibility index (Phi) is 5.13. The summed E-state index contributed by atoms with van der Waals surface area (Å²) in [5.74, 6) is 0. The van der Waals surface area contributed by atoms with Crippen molar-refractivity contribution in [1.82, 2.24) is 10.3 Å². The molecule has 0 aliphatic heterocycles. The van der Waals surface area contributed by atoms with E-state index in [1.807, 2.05) is 25.4 Å². The maximum atomic E-state index is 4.40. The summed E-state index contributed by atoms with van der Waals surface area (Å²) >= 11 is 0. The quantitative estimate of drug-likeness (QED) is 0.871. The van der Waals surface area contributed by atoms with E-state index in [2.05, 4.69) is 59.5 Å². The van der Waals surface area contributed by atoms with E-state index in [1.54, 1.807) is 0 Å². The average Bonchev–Trinajstić information content (AvgIpc) is 2.50. The van der Waals surface area contributed by atoms with E-state index in [4.69, 9.17) is 0 Å². The van der Waals surface area contributed by atoms with Crippen molar-refractivity contribution < 1.29 is 0 Å². The van der Waals surface area contributed by atoms with Gasteiger partial charge in [0, 0.05) is 25.0 Å². The standard InChI is InChI=1S/C17H23N3/c1-4-16(18-2)15-10-5-6-11-17(15)20(3)13-14-9-7-8-12-19-14/h5-12,16,18H,4,13H2,1-3H3. The molecule has 1 aromatic heterocycles. The molecule has 0 radical (unpaired) electrons. The van der Waals surface area contributed by atoms with Gasteiger partial charge in [0.05, 0.1) is 12.2 Å². The van der Waals surface area contributed by atoms with Gasteiger partial charge in [0.25, 0.3) is 0 Å². The molecule has 0 aliphatic rings. The molecule has 0 bridgehead atoms. The van der Waals surface area contributed by atoms with E-state index in [1.165, 1.54) is 11.3 Å². The fourth-order valence-electron chi connectivity index (χ4n) is 2.53. The molecule has 2 rings (SSSR count). The second kappa shape index (κ2) is 7.06. The summed E-state index contributed by atoms with van der Waals surface area (Å²) < 4.78 is 0. The van der Waals surface area contributed by atoms with Gasteiger partial charge in [-0.15, -0.1) is 0 Å². The van der Waals surface area contributed by atoms with Crippen LogP contribution in [0.4, 0.5) is 5.69 Å². The molecule has 0 saturated carbocycles. The summed E-state index contributed by atoms with van der Waals surface area (Å²) in [7, 11) is 4.14. The monoisotopic (exact) mass is 269 g/mol. The molecule has 3 nitrogen and oxygen atoms in total. The number of nitrogens with zero attached hydrogens (tertiary/aromatic N) is 2. The van der Waals surface area contributed by atoms with Gasteiger partial charge in [0.2, 0.25) is 0 Å². The Hall–Kier alpha value is -1.87. The second-order valence-corrected chi connectivity index (χ2v) is 4.99. The minimum Gasteiger partial charge on any atom is -0.368 e. The maximum absolute atomic E-state index is 4.40. The highest BCUT2D eigenvalue weighted by Gasteiger charge is 2.14. The van der Waals surface area contributed by atoms with Gasteiger partial charge < -0.3 is 10.2 Å². The highest BCUT2D eigenvalue weighted by atomic mass is 15.1. The first kappa shape index (κ1) is 14.5. The zero-order valence-corrected chi connectivity index (χ0v) is 12.5. The number of aromatic nitrogens is 1. The number of pyridine rings is 1. The molecule has 0 saturated heterocycles. The number of nitrogens with one attached hydrogen (secondary N) is 1. The summed E-state index contributed by atoms with van der Waals surface area (Å²) in [6.07, 6.45) is 2.92. The number of para-hydroxylation sites is 1. The Bertz CT molecular complexity index is 521. The van der Waals surface area contributed by atoms with Crippen molar-refractivity contribution in [3.8, 4) is 0 Å². The number of rotatable bonds is 6. The highest BCUT2D eigenvalue weighted by Crippen LogP contribution is 2.28. The Balaban J connectivity index is 2.23. The van der Waals surface area contributed by atoms with E-state index in [0.29, 0.717) is 6.04 Å². The van der Waals surface area contributed by atoms with Gasteiger partial charge in [-0.05, 0) is 37.2 Å². The summed E-state index contributed by atoms with van der Waals surface area (Å²) in [4.78, 5) is 6.66. The zero-order chi connectivity index (χ0) is 14.4. The second-order valence-electron chi connectivity index (χ2n) is 4.99. The van der Waals surface area contributed by atoms with Gasteiger partial charge in [-0.2, -0.15) is 0 Å². The lowest BCUT2D eigenvalue weighted by molar-refractivity contribution is 0.575. The third-order valence-corrected chi connectivity index (χ3v) is 3.61. The molecule has 1 N–H and O–H groups in total. The van der Waals surface area contributed by atoms with Crippen LogP contribution in [0, 0.1) is 0 Å². The number of hydrogen-bond donors (Lipinski definition) is 1. The van der Waals surface area contributed by atoms with Crippen LogP contribution in [0.3, 0.4) is 0 Å². The maximum Gasteiger partial charge on any atom is 0.0598 e. The topological polar surface area (TPSA) is 28.2 Å². The molecule has 0 spiro atoms. The molecule has 0 aliphatic carbocycles. The van der Waals surface area contributed by atoms with Gasteiger partial charge in [0.1, 0.15) is 0 Å². The molecule has 3 heteroatoms.